The third kappa shape index (κ3) is 4.35. The molecule has 5 nitrogen and oxygen atoms in total. The van der Waals surface area contributed by atoms with E-state index < -0.39 is 15.7 Å². The SMILES string of the molecule is CC(NC(=O)c1ccc(CS(=O)(=O)c2ccccc2)o1)c1ccc(Cl)s1. The Bertz CT molecular complexity index is 1010. The van der Waals surface area contributed by atoms with E-state index in [1.165, 1.54) is 35.6 Å². The minimum atomic E-state index is -3.53. The van der Waals surface area contributed by atoms with Gasteiger partial charge in [0.05, 0.1) is 15.3 Å². The van der Waals surface area contributed by atoms with Crippen LogP contribution >= 0.6 is 22.9 Å². The van der Waals surface area contributed by atoms with Crippen LogP contribution in [0.15, 0.2) is 63.9 Å². The number of halogens is 1. The highest BCUT2D eigenvalue weighted by Gasteiger charge is 2.20. The summed E-state index contributed by atoms with van der Waals surface area (Å²) >= 11 is 7.29. The van der Waals surface area contributed by atoms with Gasteiger partial charge in [0.25, 0.3) is 5.91 Å². The zero-order valence-electron chi connectivity index (χ0n) is 13.8. The molecule has 3 aromatic rings. The first-order chi connectivity index (χ1) is 12.3. The number of hydrogen-bond acceptors (Lipinski definition) is 5. The molecule has 2 aromatic heterocycles. The van der Waals surface area contributed by atoms with Crippen molar-refractivity contribution in [2.24, 2.45) is 0 Å². The summed E-state index contributed by atoms with van der Waals surface area (Å²) in [6.07, 6.45) is 0. The van der Waals surface area contributed by atoms with Crippen LogP contribution in [0.2, 0.25) is 4.34 Å². The van der Waals surface area contributed by atoms with Crippen LogP contribution in [0.25, 0.3) is 0 Å². The second-order valence-electron chi connectivity index (χ2n) is 5.68. The van der Waals surface area contributed by atoms with Gasteiger partial charge < -0.3 is 9.73 Å². The molecule has 0 aliphatic carbocycles. The molecule has 1 N–H and O–H groups in total. The van der Waals surface area contributed by atoms with E-state index >= 15 is 0 Å². The van der Waals surface area contributed by atoms with Crippen molar-refractivity contribution in [3.8, 4) is 0 Å². The molecular formula is C18H16ClNO4S2. The Balaban J connectivity index is 1.68. The van der Waals surface area contributed by atoms with Gasteiger partial charge in [0.1, 0.15) is 11.5 Å². The Morgan fingerprint density at radius 2 is 1.88 bits per heavy atom. The van der Waals surface area contributed by atoms with E-state index in [9.17, 15) is 13.2 Å². The van der Waals surface area contributed by atoms with Gasteiger partial charge in [0.2, 0.25) is 0 Å². The second kappa shape index (κ2) is 7.65. The van der Waals surface area contributed by atoms with Crippen molar-refractivity contribution < 1.29 is 17.6 Å². The minimum Gasteiger partial charge on any atom is -0.455 e. The molecule has 2 heterocycles. The average molecular weight is 410 g/mol. The Morgan fingerprint density at radius 1 is 1.15 bits per heavy atom. The molecule has 1 aromatic carbocycles. The van der Waals surface area contributed by atoms with Gasteiger partial charge in [0.15, 0.2) is 15.6 Å². The fourth-order valence-corrected chi connectivity index (χ4v) is 4.71. The summed E-state index contributed by atoms with van der Waals surface area (Å²) in [6, 6.07) is 14.5. The highest BCUT2D eigenvalue weighted by Crippen LogP contribution is 2.27. The number of thiophene rings is 1. The summed E-state index contributed by atoms with van der Waals surface area (Å²) in [7, 11) is -3.53. The standard InChI is InChI=1S/C18H16ClNO4S2/c1-12(16-9-10-17(19)25-16)20-18(21)15-8-7-13(24-15)11-26(22,23)14-5-3-2-4-6-14/h2-10,12H,11H2,1H3,(H,20,21). The number of furan rings is 1. The molecule has 0 bridgehead atoms. The summed E-state index contributed by atoms with van der Waals surface area (Å²) in [4.78, 5) is 13.4. The molecule has 0 radical (unpaired) electrons. The maximum atomic E-state index is 12.4. The predicted octanol–water partition coefficient (Wildman–Crippen LogP) is 4.46. The lowest BCUT2D eigenvalue weighted by Gasteiger charge is -2.10. The maximum Gasteiger partial charge on any atom is 0.287 e. The number of benzene rings is 1. The first-order valence-electron chi connectivity index (χ1n) is 7.78. The van der Waals surface area contributed by atoms with Crippen molar-refractivity contribution in [1.82, 2.24) is 5.32 Å². The van der Waals surface area contributed by atoms with Gasteiger partial charge in [-0.15, -0.1) is 11.3 Å². The largest absolute Gasteiger partial charge is 0.455 e. The highest BCUT2D eigenvalue weighted by molar-refractivity contribution is 7.90. The van der Waals surface area contributed by atoms with E-state index in [4.69, 9.17) is 16.0 Å². The van der Waals surface area contributed by atoms with Crippen LogP contribution in [0.3, 0.4) is 0 Å². The molecule has 1 unspecified atom stereocenters. The van der Waals surface area contributed by atoms with Crippen LogP contribution in [-0.4, -0.2) is 14.3 Å². The third-order valence-corrected chi connectivity index (χ3v) is 6.76. The van der Waals surface area contributed by atoms with E-state index in [0.29, 0.717) is 4.34 Å². The first-order valence-corrected chi connectivity index (χ1v) is 10.6. The predicted molar refractivity (Wildman–Crippen MR) is 101 cm³/mol. The average Bonchev–Trinajstić information content (AvgIpc) is 3.24. The van der Waals surface area contributed by atoms with Crippen molar-refractivity contribution in [2.75, 3.05) is 0 Å². The van der Waals surface area contributed by atoms with Gasteiger partial charge in [0, 0.05) is 4.88 Å². The zero-order chi connectivity index (χ0) is 18.7. The van der Waals surface area contributed by atoms with Gasteiger partial charge in [-0.1, -0.05) is 29.8 Å². The fraction of sp³-hybridized carbons (Fsp3) is 0.167. The van der Waals surface area contributed by atoms with Gasteiger partial charge in [-0.05, 0) is 43.3 Å². The number of carbonyl (C=O) groups excluding carboxylic acids is 1. The van der Waals surface area contributed by atoms with Crippen LogP contribution in [0, 0.1) is 0 Å². The zero-order valence-corrected chi connectivity index (χ0v) is 16.2. The van der Waals surface area contributed by atoms with E-state index in [1.807, 2.05) is 13.0 Å². The number of amides is 1. The fourth-order valence-electron chi connectivity index (χ4n) is 2.38. The van der Waals surface area contributed by atoms with E-state index in [-0.39, 0.29) is 28.2 Å². The number of hydrogen-bond donors (Lipinski definition) is 1. The molecular weight excluding hydrogens is 394 g/mol. The quantitative estimate of drug-likeness (QED) is 0.652. The number of rotatable bonds is 6. The normalized spacial score (nSPS) is 12.7. The van der Waals surface area contributed by atoms with E-state index in [0.717, 1.165) is 4.88 Å². The Hall–Kier alpha value is -2.09. The van der Waals surface area contributed by atoms with Crippen molar-refractivity contribution >= 4 is 38.7 Å². The minimum absolute atomic E-state index is 0.0674. The van der Waals surface area contributed by atoms with Crippen LogP contribution in [0.4, 0.5) is 0 Å². The molecule has 1 atom stereocenters. The first kappa shape index (κ1) is 18.7. The highest BCUT2D eigenvalue weighted by atomic mass is 35.5. The van der Waals surface area contributed by atoms with Crippen molar-refractivity contribution in [3.05, 3.63) is 75.3 Å². The molecule has 1 amide bonds. The molecule has 0 saturated carbocycles. The van der Waals surface area contributed by atoms with Crippen molar-refractivity contribution in [3.63, 3.8) is 0 Å². The van der Waals surface area contributed by atoms with Gasteiger partial charge >= 0.3 is 0 Å². The summed E-state index contributed by atoms with van der Waals surface area (Å²) in [5.74, 6) is -0.436. The van der Waals surface area contributed by atoms with E-state index in [2.05, 4.69) is 5.32 Å². The lowest BCUT2D eigenvalue weighted by Crippen LogP contribution is -2.25. The molecule has 0 aliphatic heterocycles. The molecule has 0 saturated heterocycles. The van der Waals surface area contributed by atoms with Gasteiger partial charge in [-0.2, -0.15) is 0 Å². The monoisotopic (exact) mass is 409 g/mol. The summed E-state index contributed by atoms with van der Waals surface area (Å²) in [5, 5.41) is 2.80. The van der Waals surface area contributed by atoms with Gasteiger partial charge in [-0.25, -0.2) is 8.42 Å². The van der Waals surface area contributed by atoms with E-state index in [1.54, 1.807) is 24.3 Å². The second-order valence-corrected chi connectivity index (χ2v) is 9.41. The van der Waals surface area contributed by atoms with Crippen molar-refractivity contribution in [2.45, 2.75) is 23.6 Å². The topological polar surface area (TPSA) is 76.4 Å². The van der Waals surface area contributed by atoms with Crippen LogP contribution in [0.1, 0.15) is 34.2 Å². The number of nitrogens with one attached hydrogen (secondary N) is 1. The molecule has 3 rings (SSSR count). The molecule has 136 valence electrons. The Kier molecular flexibility index (Phi) is 5.50. The maximum absolute atomic E-state index is 12.4. The van der Waals surface area contributed by atoms with Crippen molar-refractivity contribution in [1.29, 1.82) is 0 Å². The Labute approximate surface area is 160 Å². The van der Waals surface area contributed by atoms with Crippen LogP contribution in [-0.2, 0) is 15.6 Å². The number of carbonyl (C=O) groups is 1. The molecule has 0 fully saturated rings. The summed E-state index contributed by atoms with van der Waals surface area (Å²) in [6.45, 7) is 1.84. The summed E-state index contributed by atoms with van der Waals surface area (Å²) in [5.41, 5.74) is 0. The molecule has 8 heteroatoms. The smallest absolute Gasteiger partial charge is 0.287 e. The summed E-state index contributed by atoms with van der Waals surface area (Å²) < 4.78 is 30.8. The number of sulfone groups is 1. The Morgan fingerprint density at radius 3 is 2.54 bits per heavy atom. The third-order valence-electron chi connectivity index (χ3n) is 3.69. The molecule has 0 aliphatic rings. The lowest BCUT2D eigenvalue weighted by atomic mass is 10.2. The van der Waals surface area contributed by atoms with Crippen LogP contribution in [0.5, 0.6) is 0 Å². The molecule has 26 heavy (non-hydrogen) atoms. The molecule has 0 spiro atoms. The van der Waals surface area contributed by atoms with Crippen LogP contribution < -0.4 is 5.32 Å². The van der Waals surface area contributed by atoms with Gasteiger partial charge in [-0.3, -0.25) is 4.79 Å². The lowest BCUT2D eigenvalue weighted by molar-refractivity contribution is 0.0911.